The van der Waals surface area contributed by atoms with E-state index in [2.05, 4.69) is 10.2 Å². The van der Waals surface area contributed by atoms with E-state index in [1.807, 2.05) is 6.92 Å². The Balaban J connectivity index is 2.41. The molecule has 0 radical (unpaired) electrons. The molecule has 8 nitrogen and oxygen atoms in total. The average molecular weight is 341 g/mol. The zero-order valence-electron chi connectivity index (χ0n) is 12.5. The lowest BCUT2D eigenvalue weighted by molar-refractivity contribution is 0.0992. The van der Waals surface area contributed by atoms with E-state index in [1.165, 1.54) is 37.2 Å². The first-order valence-corrected chi connectivity index (χ1v) is 8.00. The van der Waals surface area contributed by atoms with Crippen LogP contribution in [0, 0.1) is 6.92 Å². The Bertz CT molecular complexity index is 851. The van der Waals surface area contributed by atoms with Gasteiger partial charge in [0.15, 0.2) is 10.1 Å². The monoisotopic (exact) mass is 341 g/mol. The van der Waals surface area contributed by atoms with Gasteiger partial charge in [-0.25, -0.2) is 4.79 Å². The number of hydrogen-bond donors (Lipinski definition) is 1. The molecule has 2 aromatic rings. The van der Waals surface area contributed by atoms with Gasteiger partial charge >= 0.3 is 5.69 Å². The fourth-order valence-electron chi connectivity index (χ4n) is 1.83. The van der Waals surface area contributed by atoms with Gasteiger partial charge in [-0.05, 0) is 13.8 Å². The minimum atomic E-state index is -0.688. The second-order valence-corrected chi connectivity index (χ2v) is 7.45. The highest BCUT2D eigenvalue weighted by Gasteiger charge is 2.26. The van der Waals surface area contributed by atoms with Gasteiger partial charge in [-0.3, -0.25) is 18.7 Å². The molecule has 22 heavy (non-hydrogen) atoms. The predicted octanol–water partition coefficient (Wildman–Crippen LogP) is 0.190. The van der Waals surface area contributed by atoms with Crippen LogP contribution in [0.1, 0.15) is 22.3 Å². The number of hydrogen-bond acceptors (Lipinski definition) is 8. The predicted molar refractivity (Wildman–Crippen MR) is 85.6 cm³/mol. The van der Waals surface area contributed by atoms with Crippen molar-refractivity contribution in [1.82, 2.24) is 19.3 Å². The number of thioether (sulfide) groups is 1. The highest BCUT2D eigenvalue weighted by Crippen LogP contribution is 2.28. The Morgan fingerprint density at radius 1 is 1.27 bits per heavy atom. The summed E-state index contributed by atoms with van der Waals surface area (Å²) < 4.78 is 2.59. The van der Waals surface area contributed by atoms with E-state index in [0.717, 1.165) is 14.1 Å². The van der Waals surface area contributed by atoms with Crippen LogP contribution in [0.4, 0.5) is 5.82 Å². The van der Waals surface area contributed by atoms with Crippen molar-refractivity contribution in [1.29, 1.82) is 0 Å². The van der Waals surface area contributed by atoms with Gasteiger partial charge in [0, 0.05) is 14.1 Å². The Labute approximate surface area is 134 Å². The Morgan fingerprint density at radius 3 is 2.45 bits per heavy atom. The van der Waals surface area contributed by atoms with Crippen LogP contribution in [0.25, 0.3) is 0 Å². The summed E-state index contributed by atoms with van der Waals surface area (Å²) in [6, 6.07) is 0. The van der Waals surface area contributed by atoms with Crippen LogP contribution >= 0.6 is 23.1 Å². The zero-order chi connectivity index (χ0) is 16.6. The number of rotatable bonds is 4. The molecule has 1 atom stereocenters. The van der Waals surface area contributed by atoms with Crippen LogP contribution < -0.4 is 17.0 Å². The Hall–Kier alpha value is -1.94. The molecule has 0 aliphatic heterocycles. The minimum Gasteiger partial charge on any atom is -0.384 e. The van der Waals surface area contributed by atoms with Gasteiger partial charge in [0.2, 0.25) is 0 Å². The number of carbonyl (C=O) groups is 1. The second kappa shape index (κ2) is 6.05. The molecule has 2 N–H and O–H groups in total. The number of anilines is 1. The van der Waals surface area contributed by atoms with Crippen LogP contribution in [-0.2, 0) is 14.1 Å². The number of ketones is 1. The van der Waals surface area contributed by atoms with Crippen molar-refractivity contribution in [2.45, 2.75) is 23.4 Å². The maximum absolute atomic E-state index is 12.5. The SMILES string of the molecule is Cc1nnc(S[C@H](C)C(=O)c2c(N)n(C)c(=O)n(C)c2=O)s1. The molecule has 2 aromatic heterocycles. The molecule has 0 bridgehead atoms. The molecule has 0 aliphatic rings. The van der Waals surface area contributed by atoms with Crippen LogP contribution in [-0.4, -0.2) is 30.4 Å². The van der Waals surface area contributed by atoms with Gasteiger partial charge in [-0.2, -0.15) is 0 Å². The van der Waals surface area contributed by atoms with E-state index >= 15 is 0 Å². The molecule has 0 amide bonds. The molecule has 0 saturated carbocycles. The van der Waals surface area contributed by atoms with Crippen molar-refractivity contribution in [2.24, 2.45) is 14.1 Å². The Morgan fingerprint density at radius 2 is 1.91 bits per heavy atom. The van der Waals surface area contributed by atoms with Crippen molar-refractivity contribution in [3.05, 3.63) is 31.4 Å². The van der Waals surface area contributed by atoms with Gasteiger partial charge in [-0.15, -0.1) is 10.2 Å². The average Bonchev–Trinajstić information content (AvgIpc) is 2.88. The molecule has 0 aliphatic carbocycles. The normalized spacial score (nSPS) is 12.4. The van der Waals surface area contributed by atoms with E-state index in [9.17, 15) is 14.4 Å². The number of Topliss-reactive ketones (excluding diaryl/α,β-unsaturated/α-hetero) is 1. The van der Waals surface area contributed by atoms with Crippen LogP contribution in [0.3, 0.4) is 0 Å². The first-order valence-electron chi connectivity index (χ1n) is 6.30. The molecule has 0 aromatic carbocycles. The summed E-state index contributed by atoms with van der Waals surface area (Å²) in [7, 11) is 2.73. The molecule has 118 valence electrons. The summed E-state index contributed by atoms with van der Waals surface area (Å²) in [5, 5.41) is 8.03. The lowest BCUT2D eigenvalue weighted by Crippen LogP contribution is -2.42. The van der Waals surface area contributed by atoms with Crippen molar-refractivity contribution < 1.29 is 4.79 Å². The van der Waals surface area contributed by atoms with Crippen molar-refractivity contribution in [3.8, 4) is 0 Å². The van der Waals surface area contributed by atoms with E-state index in [-0.39, 0.29) is 11.4 Å². The van der Waals surface area contributed by atoms with Crippen LogP contribution in [0.2, 0.25) is 0 Å². The maximum Gasteiger partial charge on any atom is 0.332 e. The summed E-state index contributed by atoms with van der Waals surface area (Å²) >= 11 is 2.57. The van der Waals surface area contributed by atoms with Gasteiger partial charge in [0.25, 0.3) is 5.56 Å². The summed E-state index contributed by atoms with van der Waals surface area (Å²) in [5.41, 5.74) is 4.35. The standard InChI is InChI=1S/C12H15N5O3S2/c1-5(21-11-15-14-6(2)22-11)8(18)7-9(13)16(3)12(20)17(4)10(7)19/h5H,13H2,1-4H3/t5-/m1/s1. The number of nitrogens with zero attached hydrogens (tertiary/aromatic N) is 4. The summed E-state index contributed by atoms with van der Waals surface area (Å²) in [5.74, 6) is -0.564. The third-order valence-electron chi connectivity index (χ3n) is 3.11. The molecule has 0 unspecified atom stereocenters. The number of carbonyl (C=O) groups excluding carboxylic acids is 1. The third kappa shape index (κ3) is 2.83. The molecule has 0 saturated heterocycles. The van der Waals surface area contributed by atoms with Gasteiger partial charge in [-0.1, -0.05) is 23.1 Å². The first kappa shape index (κ1) is 16.4. The second-order valence-electron chi connectivity index (χ2n) is 4.68. The molecule has 0 spiro atoms. The highest BCUT2D eigenvalue weighted by atomic mass is 32.2. The van der Waals surface area contributed by atoms with Crippen LogP contribution in [0.15, 0.2) is 13.9 Å². The summed E-state index contributed by atoms with van der Waals surface area (Å²) in [4.78, 5) is 36.5. The molecular formula is C12H15N5O3S2. The number of aromatic nitrogens is 4. The zero-order valence-corrected chi connectivity index (χ0v) is 14.1. The van der Waals surface area contributed by atoms with E-state index in [0.29, 0.717) is 4.34 Å². The smallest absolute Gasteiger partial charge is 0.332 e. The largest absolute Gasteiger partial charge is 0.384 e. The molecule has 2 rings (SSSR count). The third-order valence-corrected chi connectivity index (χ3v) is 5.13. The fraction of sp³-hybridized carbons (Fsp3) is 0.417. The first-order chi connectivity index (χ1) is 10.2. The van der Waals surface area contributed by atoms with Crippen molar-refractivity contribution >= 4 is 34.7 Å². The van der Waals surface area contributed by atoms with Gasteiger partial charge in [0.1, 0.15) is 16.4 Å². The number of nitrogen functional groups attached to an aromatic ring is 1. The molecular weight excluding hydrogens is 326 g/mol. The van der Waals surface area contributed by atoms with Gasteiger partial charge < -0.3 is 5.73 Å². The highest BCUT2D eigenvalue weighted by molar-refractivity contribution is 8.02. The molecule has 2 heterocycles. The summed E-state index contributed by atoms with van der Waals surface area (Å²) in [6.07, 6.45) is 0. The molecule has 0 fully saturated rings. The quantitative estimate of drug-likeness (QED) is 0.624. The van der Waals surface area contributed by atoms with Crippen molar-refractivity contribution in [2.75, 3.05) is 5.73 Å². The fourth-order valence-corrected chi connectivity index (χ4v) is 3.84. The molecule has 10 heteroatoms. The van der Waals surface area contributed by atoms with E-state index < -0.39 is 22.3 Å². The topological polar surface area (TPSA) is 113 Å². The summed E-state index contributed by atoms with van der Waals surface area (Å²) in [6.45, 7) is 3.47. The minimum absolute atomic E-state index is 0.126. The lowest BCUT2D eigenvalue weighted by Gasteiger charge is -2.13. The Kier molecular flexibility index (Phi) is 4.52. The van der Waals surface area contributed by atoms with Crippen LogP contribution in [0.5, 0.6) is 0 Å². The van der Waals surface area contributed by atoms with Gasteiger partial charge in [0.05, 0.1) is 5.25 Å². The van der Waals surface area contributed by atoms with E-state index in [4.69, 9.17) is 5.73 Å². The number of aryl methyl sites for hydroxylation is 1. The number of nitrogens with two attached hydrogens (primary N) is 1. The lowest BCUT2D eigenvalue weighted by atomic mass is 10.1. The van der Waals surface area contributed by atoms with Crippen molar-refractivity contribution in [3.63, 3.8) is 0 Å². The van der Waals surface area contributed by atoms with E-state index in [1.54, 1.807) is 6.92 Å². The maximum atomic E-state index is 12.5.